The van der Waals surface area contributed by atoms with Crippen molar-refractivity contribution in [1.82, 2.24) is 0 Å². The van der Waals surface area contributed by atoms with Crippen LogP contribution < -0.4 is 0 Å². The molecule has 2 aromatic rings. The van der Waals surface area contributed by atoms with Crippen LogP contribution in [0.1, 0.15) is 34.7 Å². The van der Waals surface area contributed by atoms with Gasteiger partial charge in [0.25, 0.3) is 0 Å². The monoisotopic (exact) mass is 364 g/mol. The quantitative estimate of drug-likeness (QED) is 0.530. The molecule has 0 aliphatic carbocycles. The van der Waals surface area contributed by atoms with Gasteiger partial charge in [-0.3, -0.25) is 4.79 Å². The first-order valence-corrected chi connectivity index (χ1v) is 7.75. The predicted molar refractivity (Wildman–Crippen MR) is 88.0 cm³/mol. The third-order valence-electron chi connectivity index (χ3n) is 3.30. The van der Waals surface area contributed by atoms with Gasteiger partial charge in [0.05, 0.1) is 0 Å². The van der Waals surface area contributed by atoms with E-state index in [1.165, 1.54) is 0 Å². The molecule has 1 atom stereocenters. The third-order valence-corrected chi connectivity index (χ3v) is 4.14. The second-order valence-electron chi connectivity index (χ2n) is 4.76. The lowest BCUT2D eigenvalue weighted by molar-refractivity contribution is -0.108. The zero-order valence-corrected chi connectivity index (χ0v) is 13.6. The summed E-state index contributed by atoms with van der Waals surface area (Å²) in [5, 5.41) is 0.589. The Labute approximate surface area is 137 Å². The minimum atomic E-state index is -0.192. The number of Topliss-reactive ketones (excluding diaryl/α,β-unsaturated/α-hetero) is 1. The van der Waals surface area contributed by atoms with Crippen LogP contribution in [0.5, 0.6) is 0 Å². The molecule has 0 N–H and O–H groups in total. The molecular formula is C17H14BrClO2. The van der Waals surface area contributed by atoms with Crippen LogP contribution >= 0.6 is 27.5 Å². The zero-order chi connectivity index (χ0) is 15.2. The van der Waals surface area contributed by atoms with Crippen LogP contribution in [0, 0.1) is 0 Å². The Hall–Kier alpha value is -1.45. The van der Waals surface area contributed by atoms with Gasteiger partial charge in [0.2, 0.25) is 0 Å². The van der Waals surface area contributed by atoms with Gasteiger partial charge >= 0.3 is 0 Å². The summed E-state index contributed by atoms with van der Waals surface area (Å²) in [7, 11) is 0. The van der Waals surface area contributed by atoms with Crippen LogP contribution in [0.3, 0.4) is 0 Å². The number of rotatable bonds is 6. The number of ketones is 1. The van der Waals surface area contributed by atoms with Crippen LogP contribution in [0.15, 0.2) is 53.0 Å². The van der Waals surface area contributed by atoms with Crippen molar-refractivity contribution in [2.75, 3.05) is 0 Å². The van der Waals surface area contributed by atoms with Gasteiger partial charge in [0, 0.05) is 27.9 Å². The smallest absolute Gasteiger partial charge is 0.163 e. The maximum Gasteiger partial charge on any atom is 0.163 e. The minimum absolute atomic E-state index is 0.00284. The fraction of sp³-hybridized carbons (Fsp3) is 0.176. The molecule has 0 radical (unpaired) electrons. The van der Waals surface area contributed by atoms with Crippen molar-refractivity contribution in [2.45, 2.75) is 18.8 Å². The first kappa shape index (κ1) is 15.9. The molecule has 2 nitrogen and oxygen atoms in total. The van der Waals surface area contributed by atoms with Crippen molar-refractivity contribution in [2.24, 2.45) is 0 Å². The highest BCUT2D eigenvalue weighted by molar-refractivity contribution is 9.10. The van der Waals surface area contributed by atoms with Gasteiger partial charge in [-0.05, 0) is 29.7 Å². The molecule has 2 aromatic carbocycles. The van der Waals surface area contributed by atoms with Crippen molar-refractivity contribution in [3.8, 4) is 0 Å². The molecule has 0 saturated heterocycles. The number of aldehydes is 1. The van der Waals surface area contributed by atoms with Crippen molar-refractivity contribution >= 4 is 39.6 Å². The molecule has 21 heavy (non-hydrogen) atoms. The summed E-state index contributed by atoms with van der Waals surface area (Å²) in [5.41, 5.74) is 1.47. The minimum Gasteiger partial charge on any atom is -0.303 e. The Kier molecular flexibility index (Phi) is 5.71. The Morgan fingerprint density at radius 1 is 1.19 bits per heavy atom. The van der Waals surface area contributed by atoms with Crippen molar-refractivity contribution in [1.29, 1.82) is 0 Å². The second kappa shape index (κ2) is 7.53. The first-order valence-electron chi connectivity index (χ1n) is 6.58. The Balaban J connectivity index is 2.22. The van der Waals surface area contributed by atoms with E-state index in [1.54, 1.807) is 18.2 Å². The number of carbonyl (C=O) groups excluding carboxylic acids is 2. The average Bonchev–Trinajstić information content (AvgIpc) is 2.47. The summed E-state index contributed by atoms with van der Waals surface area (Å²) < 4.78 is 0.859. The van der Waals surface area contributed by atoms with Gasteiger partial charge in [-0.1, -0.05) is 57.9 Å². The van der Waals surface area contributed by atoms with E-state index in [9.17, 15) is 9.59 Å². The topological polar surface area (TPSA) is 34.1 Å². The average molecular weight is 366 g/mol. The molecule has 0 saturated carbocycles. The molecule has 0 amide bonds. The lowest BCUT2D eigenvalue weighted by Crippen LogP contribution is -2.09. The summed E-state index contributed by atoms with van der Waals surface area (Å²) in [6.45, 7) is 0. The van der Waals surface area contributed by atoms with Crippen molar-refractivity contribution in [3.05, 3.63) is 69.2 Å². The molecule has 0 heterocycles. The van der Waals surface area contributed by atoms with Gasteiger partial charge in [0.15, 0.2) is 5.78 Å². The second-order valence-corrected chi connectivity index (χ2v) is 6.08. The van der Waals surface area contributed by atoms with Gasteiger partial charge in [-0.25, -0.2) is 0 Å². The van der Waals surface area contributed by atoms with E-state index in [0.717, 1.165) is 16.3 Å². The first-order chi connectivity index (χ1) is 10.1. The molecule has 0 aromatic heterocycles. The van der Waals surface area contributed by atoms with E-state index >= 15 is 0 Å². The van der Waals surface area contributed by atoms with E-state index in [2.05, 4.69) is 15.9 Å². The molecule has 0 bridgehead atoms. The highest BCUT2D eigenvalue weighted by Gasteiger charge is 2.19. The number of hydrogen-bond donors (Lipinski definition) is 0. The maximum atomic E-state index is 12.4. The summed E-state index contributed by atoms with van der Waals surface area (Å²) in [6, 6.07) is 14.6. The summed E-state index contributed by atoms with van der Waals surface area (Å²) in [6.07, 6.45) is 1.38. The molecular weight excluding hydrogens is 352 g/mol. The molecule has 0 aliphatic rings. The molecule has 0 aliphatic heterocycles. The van der Waals surface area contributed by atoms with E-state index in [4.69, 9.17) is 11.6 Å². The predicted octanol–water partition coefficient (Wildman–Crippen LogP) is 5.05. The highest BCUT2D eigenvalue weighted by Crippen LogP contribution is 2.30. The highest BCUT2D eigenvalue weighted by atomic mass is 79.9. The lowest BCUT2D eigenvalue weighted by Gasteiger charge is -2.15. The Bertz CT molecular complexity index is 655. The van der Waals surface area contributed by atoms with Crippen molar-refractivity contribution < 1.29 is 9.59 Å². The van der Waals surface area contributed by atoms with Crippen LogP contribution in [0.2, 0.25) is 5.02 Å². The van der Waals surface area contributed by atoms with Crippen molar-refractivity contribution in [3.63, 3.8) is 0 Å². The molecule has 2 rings (SSSR count). The molecule has 4 heteroatoms. The van der Waals surface area contributed by atoms with Crippen LogP contribution in [0.4, 0.5) is 0 Å². The molecule has 0 spiro atoms. The number of carbonyl (C=O) groups is 2. The zero-order valence-electron chi connectivity index (χ0n) is 11.3. The van der Waals surface area contributed by atoms with E-state index in [1.807, 2.05) is 30.3 Å². The largest absolute Gasteiger partial charge is 0.303 e. The van der Waals surface area contributed by atoms with Crippen LogP contribution in [-0.2, 0) is 4.79 Å². The number of halogens is 2. The summed E-state index contributed by atoms with van der Waals surface area (Å²) >= 11 is 9.53. The van der Waals surface area contributed by atoms with Crippen LogP contribution in [-0.4, -0.2) is 12.1 Å². The standard InChI is InChI=1S/C17H14BrClO2/c18-14-5-3-4-13(10-14)17(21)11-12(8-9-20)15-6-1-2-7-16(15)19/h1-7,9-10,12H,8,11H2/t12-/m0/s1. The molecule has 0 fully saturated rings. The SMILES string of the molecule is O=CC[C@@H](CC(=O)c1cccc(Br)c1)c1ccccc1Cl. The Morgan fingerprint density at radius 3 is 2.62 bits per heavy atom. The van der Waals surface area contributed by atoms with E-state index in [0.29, 0.717) is 10.6 Å². The van der Waals surface area contributed by atoms with Crippen LogP contribution in [0.25, 0.3) is 0 Å². The normalized spacial score (nSPS) is 11.9. The van der Waals surface area contributed by atoms with Gasteiger partial charge in [0.1, 0.15) is 6.29 Å². The number of benzene rings is 2. The van der Waals surface area contributed by atoms with E-state index in [-0.39, 0.29) is 24.5 Å². The van der Waals surface area contributed by atoms with Gasteiger partial charge in [-0.15, -0.1) is 0 Å². The summed E-state index contributed by atoms with van der Waals surface area (Å²) in [5.74, 6) is -0.189. The number of hydrogen-bond acceptors (Lipinski definition) is 2. The molecule has 0 unspecified atom stereocenters. The maximum absolute atomic E-state index is 12.4. The van der Waals surface area contributed by atoms with Gasteiger partial charge in [-0.2, -0.15) is 0 Å². The fourth-order valence-electron chi connectivity index (χ4n) is 2.25. The van der Waals surface area contributed by atoms with E-state index < -0.39 is 0 Å². The fourth-order valence-corrected chi connectivity index (χ4v) is 2.94. The third kappa shape index (κ3) is 4.26. The Morgan fingerprint density at radius 2 is 1.95 bits per heavy atom. The van der Waals surface area contributed by atoms with Gasteiger partial charge < -0.3 is 4.79 Å². The summed E-state index contributed by atoms with van der Waals surface area (Å²) in [4.78, 5) is 23.3. The molecule has 108 valence electrons. The lowest BCUT2D eigenvalue weighted by atomic mass is 9.89.